The highest BCUT2D eigenvalue weighted by Crippen LogP contribution is 2.68. The number of ketones is 1. The number of aldehydes is 1. The average Bonchev–Trinajstić information content (AvgIpc) is 3.68. The minimum atomic E-state index is -0.837. The molecule has 31 heavy (non-hydrogen) atoms. The van der Waals surface area contributed by atoms with E-state index in [-0.39, 0.29) is 30.0 Å². The van der Waals surface area contributed by atoms with Crippen molar-refractivity contribution < 1.29 is 28.6 Å². The van der Waals surface area contributed by atoms with Gasteiger partial charge in [-0.25, -0.2) is 0 Å². The predicted octanol–water partition coefficient (Wildman–Crippen LogP) is 2.62. The summed E-state index contributed by atoms with van der Waals surface area (Å²) < 4.78 is 18.3. The first-order valence-electron chi connectivity index (χ1n) is 10.8. The molecule has 0 radical (unpaired) electrons. The smallest absolute Gasteiger partial charge is 0.208 e. The third-order valence-electron chi connectivity index (χ3n) is 7.95. The maximum Gasteiger partial charge on any atom is 0.208 e. The number of epoxide rings is 2. The van der Waals surface area contributed by atoms with Crippen LogP contribution in [0.1, 0.15) is 42.6 Å². The summed E-state index contributed by atoms with van der Waals surface area (Å²) in [7, 11) is 0. The molecule has 3 aliphatic heterocycles. The van der Waals surface area contributed by atoms with Crippen molar-refractivity contribution in [3.8, 4) is 0 Å². The van der Waals surface area contributed by atoms with Crippen LogP contribution in [-0.2, 0) is 30.4 Å². The number of carbonyl (C=O) groups is 2. The van der Waals surface area contributed by atoms with Gasteiger partial charge in [0.2, 0.25) is 5.60 Å². The molecule has 7 atom stereocenters. The zero-order valence-corrected chi connectivity index (χ0v) is 17.6. The van der Waals surface area contributed by atoms with Crippen molar-refractivity contribution in [3.63, 3.8) is 0 Å². The molecule has 7 unspecified atom stereocenters. The Kier molecular flexibility index (Phi) is 3.96. The molecule has 1 aromatic rings. The largest absolute Gasteiger partial charge is 0.382 e. The van der Waals surface area contributed by atoms with Crippen molar-refractivity contribution in [2.24, 2.45) is 16.5 Å². The Morgan fingerprint density at radius 3 is 2.55 bits per heavy atom. The minimum absolute atomic E-state index is 0.0195. The van der Waals surface area contributed by atoms with Crippen molar-refractivity contribution in [2.75, 3.05) is 0 Å². The molecule has 0 amide bonds. The third-order valence-corrected chi connectivity index (χ3v) is 7.95. The molecule has 3 heterocycles. The number of ether oxygens (including phenoxy) is 3. The second-order valence-electron chi connectivity index (χ2n) is 9.53. The number of hydrogen-bond acceptors (Lipinski definition) is 7. The molecule has 4 fully saturated rings. The second-order valence-corrected chi connectivity index (χ2v) is 9.53. The summed E-state index contributed by atoms with van der Waals surface area (Å²) in [5, 5.41) is 4.45. The van der Waals surface area contributed by atoms with Gasteiger partial charge in [-0.3, -0.25) is 9.59 Å². The quantitative estimate of drug-likeness (QED) is 0.411. The molecule has 1 aromatic carbocycles. The van der Waals surface area contributed by atoms with Crippen LogP contribution in [0.15, 0.2) is 41.6 Å². The van der Waals surface area contributed by atoms with Crippen LogP contribution in [0.4, 0.5) is 0 Å². The van der Waals surface area contributed by atoms with Gasteiger partial charge in [-0.1, -0.05) is 41.6 Å². The SMILES string of the molecule is C=C(C)C1CC(OCc2ccc(C=O)cc2)C2(C1)C(C)=NOC21C2OC2C(=O)C2OC21. The molecule has 0 N–H and O–H groups in total. The van der Waals surface area contributed by atoms with E-state index in [0.29, 0.717) is 12.2 Å². The Labute approximate surface area is 180 Å². The van der Waals surface area contributed by atoms with E-state index < -0.39 is 23.2 Å². The van der Waals surface area contributed by atoms with E-state index in [9.17, 15) is 9.59 Å². The fourth-order valence-electron chi connectivity index (χ4n) is 6.16. The van der Waals surface area contributed by atoms with Crippen LogP contribution in [0.3, 0.4) is 0 Å². The van der Waals surface area contributed by atoms with Gasteiger partial charge in [-0.2, -0.15) is 0 Å². The summed E-state index contributed by atoms with van der Waals surface area (Å²) in [4.78, 5) is 29.5. The van der Waals surface area contributed by atoms with Gasteiger partial charge in [0.05, 0.1) is 23.8 Å². The lowest BCUT2D eigenvalue weighted by atomic mass is 9.60. The van der Waals surface area contributed by atoms with Crippen molar-refractivity contribution in [1.29, 1.82) is 0 Å². The van der Waals surface area contributed by atoms with E-state index in [0.717, 1.165) is 36.0 Å². The zero-order valence-electron chi connectivity index (χ0n) is 17.6. The zero-order chi connectivity index (χ0) is 21.5. The van der Waals surface area contributed by atoms with Crippen LogP contribution in [0.2, 0.25) is 0 Å². The van der Waals surface area contributed by atoms with Gasteiger partial charge in [0, 0.05) is 5.56 Å². The molecule has 0 bridgehead atoms. The standard InChI is InChI=1S/C24H25NO6/c1-12(2)16-8-17(28-11-15-6-4-14(10-26)5-7-15)23(9-16)13(3)25-31-24(23)21-19(29-21)18(27)20-22(24)30-20/h4-7,10,16-17,19-22H,1,8-9,11H2,2-3H3. The Balaban J connectivity index is 1.35. The van der Waals surface area contributed by atoms with Crippen LogP contribution in [0.25, 0.3) is 0 Å². The number of allylic oxidation sites excluding steroid dienone is 1. The van der Waals surface area contributed by atoms with Gasteiger partial charge in [-0.15, -0.1) is 0 Å². The van der Waals surface area contributed by atoms with E-state index in [1.54, 1.807) is 12.1 Å². The number of benzene rings is 1. The highest BCUT2D eigenvalue weighted by Gasteiger charge is 2.87. The first-order valence-corrected chi connectivity index (χ1v) is 10.8. The maximum absolute atomic E-state index is 12.4. The van der Waals surface area contributed by atoms with E-state index >= 15 is 0 Å². The topological polar surface area (TPSA) is 90.0 Å². The second kappa shape index (κ2) is 6.34. The fourth-order valence-corrected chi connectivity index (χ4v) is 6.16. The van der Waals surface area contributed by atoms with Gasteiger partial charge in [0.1, 0.15) is 30.7 Å². The molecule has 2 saturated carbocycles. The lowest BCUT2D eigenvalue weighted by Gasteiger charge is -2.44. The number of fused-ring (bicyclic) bond motifs is 5. The lowest BCUT2D eigenvalue weighted by Crippen LogP contribution is -2.64. The molecule has 2 saturated heterocycles. The summed E-state index contributed by atoms with van der Waals surface area (Å²) in [6.07, 6.45) is 0.565. The van der Waals surface area contributed by atoms with E-state index in [2.05, 4.69) is 11.7 Å². The summed E-state index contributed by atoms with van der Waals surface area (Å²) in [6, 6.07) is 7.39. The van der Waals surface area contributed by atoms with E-state index in [4.69, 9.17) is 19.0 Å². The molecule has 0 aromatic heterocycles. The van der Waals surface area contributed by atoms with Crippen LogP contribution < -0.4 is 0 Å². The summed E-state index contributed by atoms with van der Waals surface area (Å²) in [5.74, 6) is 0.268. The molecular weight excluding hydrogens is 398 g/mol. The van der Waals surface area contributed by atoms with Crippen molar-refractivity contribution >= 4 is 17.8 Å². The van der Waals surface area contributed by atoms with Crippen LogP contribution in [0, 0.1) is 11.3 Å². The van der Waals surface area contributed by atoms with Crippen LogP contribution >= 0.6 is 0 Å². The number of nitrogens with zero attached hydrogens (tertiary/aromatic N) is 1. The minimum Gasteiger partial charge on any atom is -0.382 e. The molecule has 2 aliphatic carbocycles. The fraction of sp³-hybridized carbons (Fsp3) is 0.542. The third kappa shape index (κ3) is 2.42. The molecule has 6 rings (SSSR count). The summed E-state index contributed by atoms with van der Waals surface area (Å²) in [6.45, 7) is 8.64. The molecule has 7 nitrogen and oxygen atoms in total. The Morgan fingerprint density at radius 2 is 1.94 bits per heavy atom. The van der Waals surface area contributed by atoms with Crippen LogP contribution in [-0.4, -0.2) is 53.9 Å². The highest BCUT2D eigenvalue weighted by molar-refractivity contribution is 5.98. The van der Waals surface area contributed by atoms with E-state index in [1.165, 1.54) is 0 Å². The number of oxime groups is 1. The summed E-state index contributed by atoms with van der Waals surface area (Å²) >= 11 is 0. The van der Waals surface area contributed by atoms with Crippen LogP contribution in [0.5, 0.6) is 0 Å². The Bertz CT molecular complexity index is 995. The molecule has 7 heteroatoms. The monoisotopic (exact) mass is 423 g/mol. The normalized spacial score (nSPS) is 43.9. The number of Topliss-reactive ketones (excluding diaryl/α,β-unsaturated/α-hetero) is 1. The average molecular weight is 423 g/mol. The van der Waals surface area contributed by atoms with Crippen molar-refractivity contribution in [3.05, 3.63) is 47.5 Å². The molecular formula is C24H25NO6. The van der Waals surface area contributed by atoms with Gasteiger partial charge >= 0.3 is 0 Å². The van der Waals surface area contributed by atoms with Crippen molar-refractivity contribution in [1.82, 2.24) is 0 Å². The number of rotatable bonds is 5. The van der Waals surface area contributed by atoms with Gasteiger partial charge in [0.25, 0.3) is 0 Å². The number of carbonyl (C=O) groups excluding carboxylic acids is 2. The van der Waals surface area contributed by atoms with E-state index in [1.807, 2.05) is 26.0 Å². The van der Waals surface area contributed by atoms with Gasteiger partial charge < -0.3 is 19.0 Å². The highest BCUT2D eigenvalue weighted by atomic mass is 16.7. The summed E-state index contributed by atoms with van der Waals surface area (Å²) in [5.41, 5.74) is 2.21. The molecule has 5 aliphatic rings. The Morgan fingerprint density at radius 1 is 1.26 bits per heavy atom. The van der Waals surface area contributed by atoms with Crippen molar-refractivity contribution in [2.45, 2.75) is 69.4 Å². The number of hydrogen-bond donors (Lipinski definition) is 0. The molecule has 162 valence electrons. The van der Waals surface area contributed by atoms with Gasteiger partial charge in [-0.05, 0) is 38.2 Å². The van der Waals surface area contributed by atoms with Gasteiger partial charge in [0.15, 0.2) is 5.78 Å². The predicted molar refractivity (Wildman–Crippen MR) is 110 cm³/mol. The maximum atomic E-state index is 12.4. The lowest BCUT2D eigenvalue weighted by molar-refractivity contribution is -0.155. The first kappa shape index (κ1) is 19.3. The Hall–Kier alpha value is -2.35. The first-order chi connectivity index (χ1) is 14.9. The molecule has 2 spiro atoms.